The number of hydrogen-bond donors (Lipinski definition) is 1. The van der Waals surface area contributed by atoms with Gasteiger partial charge in [0.1, 0.15) is 0 Å². The second-order valence-corrected chi connectivity index (χ2v) is 5.64. The van der Waals surface area contributed by atoms with E-state index in [4.69, 9.17) is 9.84 Å². The Kier molecular flexibility index (Phi) is 3.91. The minimum Gasteiger partial charge on any atom is -0.478 e. The van der Waals surface area contributed by atoms with Crippen molar-refractivity contribution in [1.29, 1.82) is 0 Å². The van der Waals surface area contributed by atoms with Crippen LogP contribution in [0.15, 0.2) is 29.2 Å². The number of hydrogen-bond acceptors (Lipinski definition) is 3. The molecule has 0 amide bonds. The van der Waals surface area contributed by atoms with E-state index < -0.39 is 16.8 Å². The molecule has 1 N–H and O–H groups in total. The molecule has 5 heteroatoms. The summed E-state index contributed by atoms with van der Waals surface area (Å²) in [5, 5.41) is 8.95. The topological polar surface area (TPSA) is 63.6 Å². The van der Waals surface area contributed by atoms with Gasteiger partial charge in [-0.25, -0.2) is 4.79 Å². The van der Waals surface area contributed by atoms with Gasteiger partial charge in [-0.2, -0.15) is 0 Å². The Morgan fingerprint density at radius 3 is 2.82 bits per heavy atom. The number of rotatable bonds is 3. The highest BCUT2D eigenvalue weighted by atomic mass is 32.2. The zero-order chi connectivity index (χ0) is 12.3. The number of aromatic carboxylic acids is 1. The summed E-state index contributed by atoms with van der Waals surface area (Å²) in [7, 11) is -1.31. The maximum atomic E-state index is 12.3. The van der Waals surface area contributed by atoms with E-state index in [1.54, 1.807) is 18.2 Å². The van der Waals surface area contributed by atoms with Crippen LogP contribution in [0.25, 0.3) is 0 Å². The van der Waals surface area contributed by atoms with Crippen LogP contribution in [0.2, 0.25) is 0 Å². The van der Waals surface area contributed by atoms with Crippen LogP contribution in [0.4, 0.5) is 0 Å². The Hall–Kier alpha value is -1.20. The standard InChI is InChI=1S/C12H14O4S/c13-12(14)10-5-1-2-6-11(10)17(15)9-4-3-7-16-8-9/h1-2,5-6,9H,3-4,7-8H2,(H,13,14). The third-order valence-electron chi connectivity index (χ3n) is 2.76. The summed E-state index contributed by atoms with van der Waals surface area (Å²) in [5.41, 5.74) is 0.122. The van der Waals surface area contributed by atoms with Gasteiger partial charge < -0.3 is 9.84 Å². The third kappa shape index (κ3) is 2.73. The SMILES string of the molecule is O=C(O)c1ccccc1S(=O)C1CCCOC1. The number of carbonyl (C=O) groups is 1. The average molecular weight is 254 g/mol. The zero-order valence-corrected chi connectivity index (χ0v) is 10.1. The Morgan fingerprint density at radius 2 is 2.18 bits per heavy atom. The van der Waals surface area contributed by atoms with Crippen molar-refractivity contribution in [3.8, 4) is 0 Å². The Bertz CT molecular complexity index is 438. The van der Waals surface area contributed by atoms with Crippen molar-refractivity contribution in [3.05, 3.63) is 29.8 Å². The van der Waals surface area contributed by atoms with Gasteiger partial charge in [-0.1, -0.05) is 12.1 Å². The highest BCUT2D eigenvalue weighted by Gasteiger charge is 2.24. The zero-order valence-electron chi connectivity index (χ0n) is 9.30. The molecule has 0 bridgehead atoms. The Labute approximate surface area is 102 Å². The number of benzene rings is 1. The smallest absolute Gasteiger partial charge is 0.336 e. The van der Waals surface area contributed by atoms with Gasteiger partial charge in [0.2, 0.25) is 0 Å². The van der Waals surface area contributed by atoms with Crippen molar-refractivity contribution in [2.45, 2.75) is 23.0 Å². The highest BCUT2D eigenvalue weighted by molar-refractivity contribution is 7.85. The predicted molar refractivity (Wildman–Crippen MR) is 63.7 cm³/mol. The van der Waals surface area contributed by atoms with Gasteiger partial charge in [0.15, 0.2) is 0 Å². The summed E-state index contributed by atoms with van der Waals surface area (Å²) >= 11 is 0. The average Bonchev–Trinajstić information content (AvgIpc) is 2.39. The Balaban J connectivity index is 2.26. The first kappa shape index (κ1) is 12.3. The number of carboxylic acids is 1. The third-order valence-corrected chi connectivity index (χ3v) is 4.52. The fraction of sp³-hybridized carbons (Fsp3) is 0.417. The van der Waals surface area contributed by atoms with Crippen molar-refractivity contribution in [2.75, 3.05) is 13.2 Å². The van der Waals surface area contributed by atoms with E-state index in [9.17, 15) is 9.00 Å². The monoisotopic (exact) mass is 254 g/mol. The molecule has 0 aliphatic carbocycles. The molecule has 1 aliphatic rings. The lowest BCUT2D eigenvalue weighted by molar-refractivity contribution is 0.0692. The van der Waals surface area contributed by atoms with Gasteiger partial charge in [-0.15, -0.1) is 0 Å². The molecule has 1 heterocycles. The molecule has 0 aromatic heterocycles. The molecule has 1 aromatic carbocycles. The summed E-state index contributed by atoms with van der Waals surface area (Å²) in [5.74, 6) is -1.04. The Morgan fingerprint density at radius 1 is 1.41 bits per heavy atom. The molecular formula is C12H14O4S. The molecule has 2 unspecified atom stereocenters. The van der Waals surface area contributed by atoms with E-state index in [-0.39, 0.29) is 10.8 Å². The fourth-order valence-electron chi connectivity index (χ4n) is 1.88. The van der Waals surface area contributed by atoms with Crippen LogP contribution in [0, 0.1) is 0 Å². The molecule has 92 valence electrons. The van der Waals surface area contributed by atoms with E-state index in [2.05, 4.69) is 0 Å². The predicted octanol–water partition coefficient (Wildman–Crippen LogP) is 1.67. The van der Waals surface area contributed by atoms with Gasteiger partial charge >= 0.3 is 5.97 Å². The van der Waals surface area contributed by atoms with Crippen molar-refractivity contribution >= 4 is 16.8 Å². The van der Waals surface area contributed by atoms with Crippen molar-refractivity contribution in [3.63, 3.8) is 0 Å². The molecule has 17 heavy (non-hydrogen) atoms. The molecule has 2 atom stereocenters. The van der Waals surface area contributed by atoms with E-state index in [1.807, 2.05) is 0 Å². The first-order valence-electron chi connectivity index (χ1n) is 5.51. The van der Waals surface area contributed by atoms with Crippen LogP contribution >= 0.6 is 0 Å². The van der Waals surface area contributed by atoms with Crippen LogP contribution in [-0.4, -0.2) is 33.7 Å². The van der Waals surface area contributed by atoms with Gasteiger partial charge in [0, 0.05) is 6.61 Å². The molecule has 1 aliphatic heterocycles. The maximum Gasteiger partial charge on any atom is 0.336 e. The summed E-state index contributed by atoms with van der Waals surface area (Å²) in [6, 6.07) is 6.46. The van der Waals surface area contributed by atoms with Crippen molar-refractivity contribution < 1.29 is 18.8 Å². The highest BCUT2D eigenvalue weighted by Crippen LogP contribution is 2.21. The molecule has 0 saturated carbocycles. The fourth-order valence-corrected chi connectivity index (χ4v) is 3.42. The summed E-state index contributed by atoms with van der Waals surface area (Å²) in [6.07, 6.45) is 1.70. The molecule has 0 spiro atoms. The van der Waals surface area contributed by atoms with Gasteiger partial charge in [0.25, 0.3) is 0 Å². The normalized spacial score (nSPS) is 22.0. The van der Waals surface area contributed by atoms with Crippen LogP contribution in [-0.2, 0) is 15.5 Å². The molecule has 1 fully saturated rings. The summed E-state index contributed by atoms with van der Waals surface area (Å²) in [4.78, 5) is 11.4. The first-order chi connectivity index (χ1) is 8.20. The van der Waals surface area contributed by atoms with Gasteiger partial charge in [-0.05, 0) is 25.0 Å². The van der Waals surface area contributed by atoms with E-state index in [0.29, 0.717) is 18.1 Å². The lowest BCUT2D eigenvalue weighted by Crippen LogP contribution is -2.27. The molecule has 0 radical (unpaired) electrons. The summed E-state index contributed by atoms with van der Waals surface area (Å²) < 4.78 is 17.6. The lowest BCUT2D eigenvalue weighted by Gasteiger charge is -2.21. The quantitative estimate of drug-likeness (QED) is 0.891. The molecule has 2 rings (SSSR count). The van der Waals surface area contributed by atoms with E-state index in [1.165, 1.54) is 6.07 Å². The van der Waals surface area contributed by atoms with E-state index in [0.717, 1.165) is 12.8 Å². The van der Waals surface area contributed by atoms with Crippen LogP contribution in [0.3, 0.4) is 0 Å². The lowest BCUT2D eigenvalue weighted by atomic mass is 10.2. The molecule has 1 saturated heterocycles. The van der Waals surface area contributed by atoms with E-state index >= 15 is 0 Å². The molecular weight excluding hydrogens is 240 g/mol. The summed E-state index contributed by atoms with van der Waals surface area (Å²) in [6.45, 7) is 1.15. The molecule has 1 aromatic rings. The minimum absolute atomic E-state index is 0.0933. The van der Waals surface area contributed by atoms with Crippen LogP contribution in [0.5, 0.6) is 0 Å². The maximum absolute atomic E-state index is 12.3. The largest absolute Gasteiger partial charge is 0.478 e. The van der Waals surface area contributed by atoms with Crippen molar-refractivity contribution in [1.82, 2.24) is 0 Å². The van der Waals surface area contributed by atoms with Gasteiger partial charge in [0.05, 0.1) is 33.1 Å². The number of ether oxygens (including phenoxy) is 1. The second-order valence-electron chi connectivity index (χ2n) is 3.94. The number of carboxylic acid groups (broad SMARTS) is 1. The van der Waals surface area contributed by atoms with Crippen LogP contribution in [0.1, 0.15) is 23.2 Å². The second kappa shape index (κ2) is 5.42. The first-order valence-corrected chi connectivity index (χ1v) is 6.72. The minimum atomic E-state index is -1.31. The molecule has 4 nitrogen and oxygen atoms in total. The van der Waals surface area contributed by atoms with Crippen LogP contribution < -0.4 is 0 Å². The van der Waals surface area contributed by atoms with Gasteiger partial charge in [-0.3, -0.25) is 4.21 Å². The van der Waals surface area contributed by atoms with Crippen molar-refractivity contribution in [2.24, 2.45) is 0 Å².